The van der Waals surface area contributed by atoms with Gasteiger partial charge in [0.2, 0.25) is 5.91 Å². The van der Waals surface area contributed by atoms with E-state index < -0.39 is 18.2 Å². The van der Waals surface area contributed by atoms with Crippen LogP contribution in [0, 0.1) is 0 Å². The SMILES string of the molecule is CCCCCCCCCCCCCCCCC/C=C/CC/C=C/CCCC(O)C(O)C(CO)NC(=O)CCCCCCCCCCC. The Balaban J connectivity index is 3.65. The van der Waals surface area contributed by atoms with Gasteiger partial charge in [-0.05, 0) is 51.4 Å². The van der Waals surface area contributed by atoms with Crippen molar-refractivity contribution >= 4 is 5.91 Å². The molecule has 0 fully saturated rings. The smallest absolute Gasteiger partial charge is 0.220 e. The fourth-order valence-corrected chi connectivity index (χ4v) is 6.30. The first-order chi connectivity index (χ1) is 23.1. The Morgan fingerprint density at radius 3 is 1.30 bits per heavy atom. The Kier molecular flexibility index (Phi) is 36.7. The van der Waals surface area contributed by atoms with Crippen LogP contribution in [0.15, 0.2) is 24.3 Å². The number of amides is 1. The lowest BCUT2D eigenvalue weighted by molar-refractivity contribution is -0.124. The van der Waals surface area contributed by atoms with Crippen molar-refractivity contribution in [3.8, 4) is 0 Å². The van der Waals surface area contributed by atoms with Gasteiger partial charge in [-0.15, -0.1) is 0 Å². The van der Waals surface area contributed by atoms with Crippen LogP contribution < -0.4 is 5.32 Å². The molecular formula is C42H81NO4. The molecule has 4 N–H and O–H groups in total. The summed E-state index contributed by atoms with van der Waals surface area (Å²) >= 11 is 0. The van der Waals surface area contributed by atoms with Crippen molar-refractivity contribution in [2.45, 2.75) is 231 Å². The Labute approximate surface area is 292 Å². The zero-order valence-electron chi connectivity index (χ0n) is 31.4. The van der Waals surface area contributed by atoms with Crippen LogP contribution in [-0.2, 0) is 4.79 Å². The van der Waals surface area contributed by atoms with Crippen LogP contribution in [-0.4, -0.2) is 46.1 Å². The molecule has 47 heavy (non-hydrogen) atoms. The van der Waals surface area contributed by atoms with Gasteiger partial charge in [0.05, 0.1) is 18.8 Å². The lowest BCUT2D eigenvalue weighted by Gasteiger charge is -2.26. The van der Waals surface area contributed by atoms with Gasteiger partial charge in [-0.1, -0.05) is 179 Å². The number of carbonyl (C=O) groups excluding carboxylic acids is 1. The van der Waals surface area contributed by atoms with Gasteiger partial charge in [-0.2, -0.15) is 0 Å². The summed E-state index contributed by atoms with van der Waals surface area (Å²) in [4.78, 5) is 12.3. The molecule has 0 bridgehead atoms. The van der Waals surface area contributed by atoms with E-state index in [1.807, 2.05) is 0 Å². The predicted octanol–water partition coefficient (Wildman–Crippen LogP) is 11.4. The predicted molar refractivity (Wildman–Crippen MR) is 204 cm³/mol. The maximum atomic E-state index is 12.3. The van der Waals surface area contributed by atoms with Gasteiger partial charge in [0, 0.05) is 6.42 Å². The zero-order chi connectivity index (χ0) is 34.5. The normalized spacial score (nSPS) is 13.9. The minimum absolute atomic E-state index is 0.162. The fraction of sp³-hybridized carbons (Fsp3) is 0.881. The van der Waals surface area contributed by atoms with Crippen LogP contribution in [0.1, 0.15) is 213 Å². The van der Waals surface area contributed by atoms with Gasteiger partial charge < -0.3 is 20.6 Å². The molecule has 1 amide bonds. The van der Waals surface area contributed by atoms with Crippen LogP contribution in [0.5, 0.6) is 0 Å². The van der Waals surface area contributed by atoms with Crippen LogP contribution in [0.3, 0.4) is 0 Å². The van der Waals surface area contributed by atoms with Crippen molar-refractivity contribution in [2.75, 3.05) is 6.61 Å². The second kappa shape index (κ2) is 37.6. The second-order valence-electron chi connectivity index (χ2n) is 14.2. The van der Waals surface area contributed by atoms with Crippen LogP contribution in [0.25, 0.3) is 0 Å². The summed E-state index contributed by atoms with van der Waals surface area (Å²) in [6, 6.07) is -0.826. The Hall–Kier alpha value is -1.17. The van der Waals surface area contributed by atoms with Gasteiger partial charge in [-0.3, -0.25) is 4.79 Å². The third kappa shape index (κ3) is 33.1. The first kappa shape index (κ1) is 45.8. The quantitative estimate of drug-likeness (QED) is 0.0393. The van der Waals surface area contributed by atoms with Crippen LogP contribution in [0.2, 0.25) is 0 Å². The van der Waals surface area contributed by atoms with Crippen molar-refractivity contribution < 1.29 is 20.1 Å². The number of rotatable bonds is 37. The molecule has 0 aromatic carbocycles. The average molecular weight is 664 g/mol. The van der Waals surface area contributed by atoms with E-state index in [1.165, 1.54) is 141 Å². The van der Waals surface area contributed by atoms with Crippen LogP contribution >= 0.6 is 0 Å². The lowest BCUT2D eigenvalue weighted by Crippen LogP contribution is -2.50. The molecule has 0 saturated heterocycles. The molecule has 278 valence electrons. The van der Waals surface area contributed by atoms with Gasteiger partial charge in [-0.25, -0.2) is 0 Å². The number of aliphatic hydroxyl groups is 3. The number of carbonyl (C=O) groups is 1. The molecule has 0 radical (unpaired) electrons. The highest BCUT2D eigenvalue weighted by Gasteiger charge is 2.26. The number of aliphatic hydroxyl groups excluding tert-OH is 3. The van der Waals surface area contributed by atoms with Crippen molar-refractivity contribution in [1.82, 2.24) is 5.32 Å². The number of hydrogen-bond donors (Lipinski definition) is 4. The number of unbranched alkanes of at least 4 members (excludes halogenated alkanes) is 25. The molecule has 5 nitrogen and oxygen atoms in total. The minimum atomic E-state index is -1.16. The van der Waals surface area contributed by atoms with E-state index in [9.17, 15) is 20.1 Å². The lowest BCUT2D eigenvalue weighted by atomic mass is 10.0. The van der Waals surface area contributed by atoms with E-state index in [2.05, 4.69) is 43.5 Å². The number of nitrogens with one attached hydrogen (secondary N) is 1. The Morgan fingerprint density at radius 1 is 0.511 bits per heavy atom. The first-order valence-corrected chi connectivity index (χ1v) is 20.6. The summed E-state index contributed by atoms with van der Waals surface area (Å²) in [5.41, 5.74) is 0. The molecule has 0 heterocycles. The Bertz CT molecular complexity index is 694. The fourth-order valence-electron chi connectivity index (χ4n) is 6.30. The van der Waals surface area contributed by atoms with Crippen molar-refractivity contribution in [1.29, 1.82) is 0 Å². The van der Waals surface area contributed by atoms with Gasteiger partial charge in [0.25, 0.3) is 0 Å². The molecule has 3 unspecified atom stereocenters. The molecule has 0 aliphatic heterocycles. The van der Waals surface area contributed by atoms with Crippen LogP contribution in [0.4, 0.5) is 0 Å². The highest BCUT2D eigenvalue weighted by molar-refractivity contribution is 5.76. The van der Waals surface area contributed by atoms with Gasteiger partial charge >= 0.3 is 0 Å². The topological polar surface area (TPSA) is 89.8 Å². The van der Waals surface area contributed by atoms with Crippen molar-refractivity contribution in [3.63, 3.8) is 0 Å². The summed E-state index contributed by atoms with van der Waals surface area (Å²) in [5.74, 6) is -0.162. The number of allylic oxidation sites excluding steroid dienone is 4. The molecule has 0 aromatic rings. The molecule has 0 saturated carbocycles. The maximum absolute atomic E-state index is 12.3. The molecular weight excluding hydrogens is 582 g/mol. The Morgan fingerprint density at radius 2 is 0.872 bits per heavy atom. The van der Waals surface area contributed by atoms with Gasteiger partial charge in [0.15, 0.2) is 0 Å². The third-order valence-electron chi connectivity index (χ3n) is 9.54. The summed E-state index contributed by atoms with van der Waals surface area (Å²) in [6.45, 7) is 4.14. The van der Waals surface area contributed by atoms with Crippen molar-refractivity contribution in [2.24, 2.45) is 0 Å². The first-order valence-electron chi connectivity index (χ1n) is 20.6. The minimum Gasteiger partial charge on any atom is -0.394 e. The molecule has 0 aromatic heterocycles. The zero-order valence-corrected chi connectivity index (χ0v) is 31.4. The highest BCUT2D eigenvalue weighted by Crippen LogP contribution is 2.15. The molecule has 0 rings (SSSR count). The molecule has 5 heteroatoms. The molecule has 0 aliphatic carbocycles. The van der Waals surface area contributed by atoms with E-state index in [-0.39, 0.29) is 12.5 Å². The summed E-state index contributed by atoms with van der Waals surface area (Å²) in [7, 11) is 0. The molecule has 3 atom stereocenters. The number of hydrogen-bond acceptors (Lipinski definition) is 4. The molecule has 0 spiro atoms. The van der Waals surface area contributed by atoms with E-state index in [0.717, 1.165) is 44.9 Å². The van der Waals surface area contributed by atoms with E-state index in [0.29, 0.717) is 12.8 Å². The van der Waals surface area contributed by atoms with E-state index in [4.69, 9.17) is 0 Å². The summed E-state index contributed by atoms with van der Waals surface area (Å²) < 4.78 is 0. The maximum Gasteiger partial charge on any atom is 0.220 e. The summed E-state index contributed by atoms with van der Waals surface area (Å²) in [6.07, 6.45) is 44.4. The average Bonchev–Trinajstić information content (AvgIpc) is 3.07. The van der Waals surface area contributed by atoms with Crippen molar-refractivity contribution in [3.05, 3.63) is 24.3 Å². The second-order valence-corrected chi connectivity index (χ2v) is 14.2. The highest BCUT2D eigenvalue weighted by atomic mass is 16.3. The molecule has 0 aliphatic rings. The van der Waals surface area contributed by atoms with E-state index in [1.54, 1.807) is 0 Å². The third-order valence-corrected chi connectivity index (χ3v) is 9.54. The largest absolute Gasteiger partial charge is 0.394 e. The summed E-state index contributed by atoms with van der Waals surface area (Å²) in [5, 5.41) is 33.3. The standard InChI is InChI=1S/C42H81NO4/c1-3-5-7-9-11-13-14-15-16-17-18-19-20-21-22-23-24-25-26-27-29-30-32-34-36-40(45)42(47)39(38-44)43-41(46)37-35-33-31-28-12-10-8-6-4-2/h24-25,29-30,39-40,42,44-45,47H,3-23,26-28,31-38H2,1-2H3,(H,43,46)/b25-24+,30-29+. The monoisotopic (exact) mass is 664 g/mol. The van der Waals surface area contributed by atoms with Gasteiger partial charge in [0.1, 0.15) is 6.10 Å². The van der Waals surface area contributed by atoms with E-state index >= 15 is 0 Å².